The van der Waals surface area contributed by atoms with E-state index in [0.29, 0.717) is 6.54 Å². The first-order chi connectivity index (χ1) is 10.9. The second-order valence-corrected chi connectivity index (χ2v) is 7.93. The molecule has 1 atom stereocenters. The Balaban J connectivity index is 1.63. The van der Waals surface area contributed by atoms with Gasteiger partial charge in [-0.1, -0.05) is 23.5 Å². The second kappa shape index (κ2) is 6.35. The molecule has 23 heavy (non-hydrogen) atoms. The highest BCUT2D eigenvalue weighted by Crippen LogP contribution is 2.27. The molecule has 1 fully saturated rings. The fourth-order valence-corrected chi connectivity index (χ4v) is 3.64. The Hall–Kier alpha value is -1.82. The average molecular weight is 333 g/mol. The van der Waals surface area contributed by atoms with Crippen LogP contribution in [0.15, 0.2) is 24.3 Å². The Bertz CT molecular complexity index is 659. The number of ether oxygens (including phenoxy) is 1. The van der Waals surface area contributed by atoms with Gasteiger partial charge in [-0.05, 0) is 45.7 Å². The molecule has 1 aliphatic heterocycles. The molecule has 0 spiro atoms. The predicted molar refractivity (Wildman–Crippen MR) is 94.1 cm³/mol. The Kier molecular flexibility index (Phi) is 4.43. The molecule has 0 aliphatic carbocycles. The van der Waals surface area contributed by atoms with E-state index in [0.717, 1.165) is 30.0 Å². The average Bonchev–Trinajstić information content (AvgIpc) is 2.88. The van der Waals surface area contributed by atoms with Gasteiger partial charge in [-0.15, -0.1) is 0 Å². The molecule has 2 aromatic rings. The summed E-state index contributed by atoms with van der Waals surface area (Å²) in [5, 5.41) is 4.39. The van der Waals surface area contributed by atoms with Crippen LogP contribution in [-0.4, -0.2) is 40.7 Å². The minimum Gasteiger partial charge on any atom is -0.444 e. The van der Waals surface area contributed by atoms with Crippen LogP contribution in [0.25, 0.3) is 10.2 Å². The van der Waals surface area contributed by atoms with Gasteiger partial charge in [0.1, 0.15) is 5.60 Å². The lowest BCUT2D eigenvalue weighted by molar-refractivity contribution is 0.0206. The molecule has 1 N–H and O–H groups in total. The topological polar surface area (TPSA) is 54.5 Å². The number of hydrogen-bond acceptors (Lipinski definition) is 5. The van der Waals surface area contributed by atoms with Gasteiger partial charge in [0.15, 0.2) is 5.13 Å². The van der Waals surface area contributed by atoms with Gasteiger partial charge in [0.2, 0.25) is 0 Å². The number of para-hydroxylation sites is 1. The summed E-state index contributed by atoms with van der Waals surface area (Å²) in [6.45, 7) is 7.10. The van der Waals surface area contributed by atoms with Gasteiger partial charge in [0, 0.05) is 19.1 Å². The maximum Gasteiger partial charge on any atom is 0.410 e. The Morgan fingerprint density at radius 3 is 2.91 bits per heavy atom. The third-order valence-electron chi connectivity index (χ3n) is 3.69. The lowest BCUT2D eigenvalue weighted by atomic mass is 10.1. The van der Waals surface area contributed by atoms with Crippen molar-refractivity contribution in [3.8, 4) is 0 Å². The van der Waals surface area contributed by atoms with Crippen LogP contribution in [-0.2, 0) is 4.74 Å². The molecule has 1 aromatic carbocycles. The fourth-order valence-electron chi connectivity index (χ4n) is 2.70. The van der Waals surface area contributed by atoms with Gasteiger partial charge in [-0.2, -0.15) is 0 Å². The SMILES string of the molecule is CC(C)(C)OC(=O)N1CCC[C@H](Nc2nc3ccccc3s2)C1. The van der Waals surface area contributed by atoms with Gasteiger partial charge in [0.05, 0.1) is 10.2 Å². The van der Waals surface area contributed by atoms with Crippen molar-refractivity contribution in [1.82, 2.24) is 9.88 Å². The van der Waals surface area contributed by atoms with Gasteiger partial charge in [-0.3, -0.25) is 0 Å². The number of amides is 1. The van der Waals surface area contributed by atoms with E-state index >= 15 is 0 Å². The van der Waals surface area contributed by atoms with Crippen molar-refractivity contribution in [2.24, 2.45) is 0 Å². The van der Waals surface area contributed by atoms with Crippen molar-refractivity contribution in [3.63, 3.8) is 0 Å². The number of anilines is 1. The van der Waals surface area contributed by atoms with Crippen molar-refractivity contribution < 1.29 is 9.53 Å². The summed E-state index contributed by atoms with van der Waals surface area (Å²) in [4.78, 5) is 18.6. The number of nitrogens with zero attached hydrogens (tertiary/aromatic N) is 2. The van der Waals surface area contributed by atoms with E-state index in [9.17, 15) is 4.79 Å². The zero-order chi connectivity index (χ0) is 16.4. The molecule has 0 radical (unpaired) electrons. The molecule has 1 saturated heterocycles. The second-order valence-electron chi connectivity index (χ2n) is 6.90. The first kappa shape index (κ1) is 16.1. The predicted octanol–water partition coefficient (Wildman–Crippen LogP) is 4.11. The van der Waals surface area contributed by atoms with Crippen LogP contribution in [0.3, 0.4) is 0 Å². The minimum atomic E-state index is -0.454. The zero-order valence-electron chi connectivity index (χ0n) is 13.8. The maximum absolute atomic E-state index is 12.2. The monoisotopic (exact) mass is 333 g/mol. The van der Waals surface area contributed by atoms with Gasteiger partial charge in [-0.25, -0.2) is 9.78 Å². The maximum atomic E-state index is 12.2. The lowest BCUT2D eigenvalue weighted by Crippen LogP contribution is -2.46. The standard InChI is InChI=1S/C17H23N3O2S/c1-17(2,3)22-16(21)20-10-6-7-12(11-20)18-15-19-13-8-4-5-9-14(13)23-15/h4-5,8-9,12H,6-7,10-11H2,1-3H3,(H,18,19)/t12-/m0/s1. The number of aromatic nitrogens is 1. The van der Waals surface area contributed by atoms with E-state index in [1.165, 1.54) is 4.70 Å². The number of carbonyl (C=O) groups is 1. The molecule has 6 heteroatoms. The third-order valence-corrected chi connectivity index (χ3v) is 4.66. The van der Waals surface area contributed by atoms with Gasteiger partial charge >= 0.3 is 6.09 Å². The van der Waals surface area contributed by atoms with Crippen molar-refractivity contribution in [3.05, 3.63) is 24.3 Å². The van der Waals surface area contributed by atoms with E-state index in [1.807, 2.05) is 39.0 Å². The molecule has 1 aliphatic rings. The zero-order valence-corrected chi connectivity index (χ0v) is 14.7. The van der Waals surface area contributed by atoms with Crippen molar-refractivity contribution >= 4 is 32.8 Å². The third kappa shape index (κ3) is 4.13. The number of benzene rings is 1. The number of nitrogens with one attached hydrogen (secondary N) is 1. The normalized spacial score (nSPS) is 18.9. The summed E-state index contributed by atoms with van der Waals surface area (Å²) in [5.41, 5.74) is 0.560. The molecule has 124 valence electrons. The highest BCUT2D eigenvalue weighted by Gasteiger charge is 2.27. The number of thiazole rings is 1. The van der Waals surface area contributed by atoms with Crippen LogP contribution in [0.4, 0.5) is 9.93 Å². The Morgan fingerprint density at radius 2 is 2.17 bits per heavy atom. The number of fused-ring (bicyclic) bond motifs is 1. The Labute approximate surface area is 140 Å². The van der Waals surface area contributed by atoms with Crippen LogP contribution in [0, 0.1) is 0 Å². The number of rotatable bonds is 2. The summed E-state index contributed by atoms with van der Waals surface area (Å²) in [6.07, 6.45) is 1.78. The van der Waals surface area contributed by atoms with Crippen LogP contribution in [0.1, 0.15) is 33.6 Å². The number of piperidine rings is 1. The first-order valence-electron chi connectivity index (χ1n) is 8.01. The summed E-state index contributed by atoms with van der Waals surface area (Å²) >= 11 is 1.65. The van der Waals surface area contributed by atoms with Crippen LogP contribution in [0.5, 0.6) is 0 Å². The summed E-state index contributed by atoms with van der Waals surface area (Å²) < 4.78 is 6.65. The van der Waals surface area contributed by atoms with E-state index in [-0.39, 0.29) is 12.1 Å². The van der Waals surface area contributed by atoms with E-state index in [1.54, 1.807) is 16.2 Å². The molecule has 1 aromatic heterocycles. The molecule has 5 nitrogen and oxygen atoms in total. The molecule has 0 unspecified atom stereocenters. The Morgan fingerprint density at radius 1 is 1.39 bits per heavy atom. The largest absolute Gasteiger partial charge is 0.444 e. The quantitative estimate of drug-likeness (QED) is 0.898. The summed E-state index contributed by atoms with van der Waals surface area (Å²) in [6, 6.07) is 8.33. The smallest absolute Gasteiger partial charge is 0.410 e. The molecule has 3 rings (SSSR count). The highest BCUT2D eigenvalue weighted by molar-refractivity contribution is 7.22. The van der Waals surface area contributed by atoms with Crippen molar-refractivity contribution in [2.45, 2.75) is 45.3 Å². The molecule has 1 amide bonds. The van der Waals surface area contributed by atoms with E-state index < -0.39 is 5.60 Å². The lowest BCUT2D eigenvalue weighted by Gasteiger charge is -2.34. The number of likely N-dealkylation sites (tertiary alicyclic amines) is 1. The van der Waals surface area contributed by atoms with Crippen molar-refractivity contribution in [1.29, 1.82) is 0 Å². The van der Waals surface area contributed by atoms with Crippen LogP contribution < -0.4 is 5.32 Å². The van der Waals surface area contributed by atoms with Crippen LogP contribution in [0.2, 0.25) is 0 Å². The van der Waals surface area contributed by atoms with E-state index in [2.05, 4.69) is 16.4 Å². The highest BCUT2D eigenvalue weighted by atomic mass is 32.1. The van der Waals surface area contributed by atoms with Crippen molar-refractivity contribution in [2.75, 3.05) is 18.4 Å². The fraction of sp³-hybridized carbons (Fsp3) is 0.529. The van der Waals surface area contributed by atoms with Crippen LogP contribution >= 0.6 is 11.3 Å². The van der Waals surface area contributed by atoms with Gasteiger partial charge in [0.25, 0.3) is 0 Å². The number of carbonyl (C=O) groups excluding carboxylic acids is 1. The summed E-state index contributed by atoms with van der Waals surface area (Å²) in [5.74, 6) is 0. The molecular formula is C17H23N3O2S. The van der Waals surface area contributed by atoms with Gasteiger partial charge < -0.3 is 15.0 Å². The molecular weight excluding hydrogens is 310 g/mol. The van der Waals surface area contributed by atoms with E-state index in [4.69, 9.17) is 4.74 Å². The minimum absolute atomic E-state index is 0.219. The number of hydrogen-bond donors (Lipinski definition) is 1. The first-order valence-corrected chi connectivity index (χ1v) is 8.82. The molecule has 2 heterocycles. The molecule has 0 saturated carbocycles. The summed E-state index contributed by atoms with van der Waals surface area (Å²) in [7, 11) is 0. The molecule has 0 bridgehead atoms.